The number of amides is 1. The van der Waals surface area contributed by atoms with E-state index in [1.807, 2.05) is 0 Å². The molecule has 4 heterocycles. The summed E-state index contributed by atoms with van der Waals surface area (Å²) in [7, 11) is 0. The van der Waals surface area contributed by atoms with Crippen LogP contribution in [-0.2, 0) is 4.74 Å². The molecule has 2 aromatic heterocycles. The third-order valence-corrected chi connectivity index (χ3v) is 5.81. The first kappa shape index (κ1) is 20.7. The van der Waals surface area contributed by atoms with Crippen LogP contribution in [0.4, 0.5) is 28.2 Å². The summed E-state index contributed by atoms with van der Waals surface area (Å²) in [5, 5.41) is 10.6. The lowest BCUT2D eigenvalue weighted by Gasteiger charge is -2.28. The zero-order valence-electron chi connectivity index (χ0n) is 16.7. The van der Waals surface area contributed by atoms with Crippen LogP contribution in [0.1, 0.15) is 30.6 Å². The highest BCUT2D eigenvalue weighted by Gasteiger charge is 2.49. The fraction of sp³-hybridized carbons (Fsp3) is 0.381. The molecule has 1 saturated heterocycles. The Morgan fingerprint density at radius 3 is 2.72 bits per heavy atom. The summed E-state index contributed by atoms with van der Waals surface area (Å²) in [5.41, 5.74) is 0.661. The lowest BCUT2D eigenvalue weighted by atomic mass is 9.97. The van der Waals surface area contributed by atoms with Crippen molar-refractivity contribution in [2.45, 2.75) is 37.3 Å². The molecule has 3 aromatic rings. The van der Waals surface area contributed by atoms with E-state index in [9.17, 15) is 22.4 Å². The average Bonchev–Trinajstić information content (AvgIpc) is 3.00. The van der Waals surface area contributed by atoms with Gasteiger partial charge in [-0.05, 0) is 38.1 Å². The Labute approximate surface area is 179 Å². The average molecular weight is 449 g/mol. The lowest BCUT2D eigenvalue weighted by molar-refractivity contribution is -0.206. The van der Waals surface area contributed by atoms with Crippen molar-refractivity contribution in [3.8, 4) is 11.3 Å². The molecule has 0 spiro atoms. The minimum Gasteiger partial charge on any atom is -0.431 e. The van der Waals surface area contributed by atoms with E-state index in [1.54, 1.807) is 28.9 Å². The van der Waals surface area contributed by atoms with Crippen molar-refractivity contribution in [1.82, 2.24) is 20.1 Å². The summed E-state index contributed by atoms with van der Waals surface area (Å²) in [6.07, 6.45) is -7.62. The molecule has 5 rings (SSSR count). The maximum absolute atomic E-state index is 14.9. The number of carbonyl (C=O) groups is 1. The number of alkyl halides is 4. The number of halogens is 4. The van der Waals surface area contributed by atoms with Gasteiger partial charge in [0.05, 0.1) is 17.1 Å². The number of rotatable bonds is 2. The second-order valence-corrected chi connectivity index (χ2v) is 7.79. The minimum atomic E-state index is -4.85. The van der Waals surface area contributed by atoms with Crippen molar-refractivity contribution in [2.24, 2.45) is 0 Å². The standard InChI is InChI=1S/C21H19F4N5O2/c22-13-6-8-26-9-7-15(13)30-14-4-2-1-3-11(14)17(29-30)12-5-10-27-19-16(12)18(21(23,24)25)32-20(31)28-19/h1-5,10,13,15,18,26H,6-9H2,(H,27,28,31)/t13-,15-,18+/m0/s1. The Hall–Kier alpha value is -3.21. The van der Waals surface area contributed by atoms with E-state index >= 15 is 0 Å². The first-order chi connectivity index (χ1) is 15.3. The van der Waals surface area contributed by atoms with E-state index < -0.39 is 30.6 Å². The van der Waals surface area contributed by atoms with E-state index in [-0.39, 0.29) is 22.6 Å². The number of carbonyl (C=O) groups excluding carboxylic acids is 1. The molecule has 0 aliphatic carbocycles. The minimum absolute atomic E-state index is 0.120. The fourth-order valence-corrected chi connectivity index (χ4v) is 4.37. The first-order valence-corrected chi connectivity index (χ1v) is 10.2. The number of hydrogen-bond donors (Lipinski definition) is 2. The summed E-state index contributed by atoms with van der Waals surface area (Å²) in [5.74, 6) is -0.234. The van der Waals surface area contributed by atoms with Gasteiger partial charge in [-0.2, -0.15) is 18.3 Å². The van der Waals surface area contributed by atoms with Crippen LogP contribution >= 0.6 is 0 Å². The van der Waals surface area contributed by atoms with Crippen LogP contribution in [0.2, 0.25) is 0 Å². The van der Waals surface area contributed by atoms with Gasteiger partial charge in [-0.3, -0.25) is 10.00 Å². The van der Waals surface area contributed by atoms with Gasteiger partial charge < -0.3 is 10.1 Å². The van der Waals surface area contributed by atoms with Gasteiger partial charge in [0.1, 0.15) is 17.7 Å². The second-order valence-electron chi connectivity index (χ2n) is 7.79. The van der Waals surface area contributed by atoms with Gasteiger partial charge in [0.15, 0.2) is 0 Å². The highest BCUT2D eigenvalue weighted by Crippen LogP contribution is 2.46. The predicted molar refractivity (Wildman–Crippen MR) is 108 cm³/mol. The Balaban J connectivity index is 1.72. The Morgan fingerprint density at radius 2 is 1.91 bits per heavy atom. The first-order valence-electron chi connectivity index (χ1n) is 10.2. The molecule has 32 heavy (non-hydrogen) atoms. The molecule has 0 unspecified atom stereocenters. The van der Waals surface area contributed by atoms with Gasteiger partial charge in [0.2, 0.25) is 6.10 Å². The van der Waals surface area contributed by atoms with E-state index in [0.717, 1.165) is 0 Å². The summed E-state index contributed by atoms with van der Waals surface area (Å²) in [6.45, 7) is 1.15. The number of cyclic esters (lactones) is 1. The van der Waals surface area contributed by atoms with Gasteiger partial charge in [0.25, 0.3) is 0 Å². The monoisotopic (exact) mass is 449 g/mol. The summed E-state index contributed by atoms with van der Waals surface area (Å²) in [6, 6.07) is 7.86. The molecule has 0 saturated carbocycles. The number of fused-ring (bicyclic) bond motifs is 2. The Bertz CT molecular complexity index is 1180. The third-order valence-electron chi connectivity index (χ3n) is 5.81. The SMILES string of the molecule is O=C1Nc2nccc(-c3nn([C@H]4CCNCC[C@@H]4F)c4ccccc34)c2[C@H](C(F)(F)F)O1. The number of hydrogen-bond acceptors (Lipinski definition) is 5. The van der Waals surface area contributed by atoms with Crippen molar-refractivity contribution in [3.63, 3.8) is 0 Å². The largest absolute Gasteiger partial charge is 0.431 e. The van der Waals surface area contributed by atoms with Crippen molar-refractivity contribution in [3.05, 3.63) is 42.1 Å². The van der Waals surface area contributed by atoms with E-state index in [0.29, 0.717) is 36.8 Å². The number of aromatic nitrogens is 3. The molecule has 1 aromatic carbocycles. The van der Waals surface area contributed by atoms with Crippen LogP contribution < -0.4 is 10.6 Å². The molecule has 7 nitrogen and oxygen atoms in total. The number of benzene rings is 1. The molecule has 2 aliphatic heterocycles. The second kappa shape index (κ2) is 7.73. The van der Waals surface area contributed by atoms with Gasteiger partial charge in [0, 0.05) is 17.1 Å². The molecule has 3 atom stereocenters. The van der Waals surface area contributed by atoms with Crippen LogP contribution in [0.25, 0.3) is 22.2 Å². The van der Waals surface area contributed by atoms with E-state index in [4.69, 9.17) is 0 Å². The Morgan fingerprint density at radius 1 is 1.12 bits per heavy atom. The maximum atomic E-state index is 14.9. The zero-order valence-corrected chi connectivity index (χ0v) is 16.7. The van der Waals surface area contributed by atoms with E-state index in [1.165, 1.54) is 12.3 Å². The number of anilines is 1. The number of nitrogens with zero attached hydrogens (tertiary/aromatic N) is 3. The number of nitrogens with one attached hydrogen (secondary N) is 2. The fourth-order valence-electron chi connectivity index (χ4n) is 4.37. The molecule has 1 fully saturated rings. The smallest absolute Gasteiger partial charge is 0.430 e. The molecule has 11 heteroatoms. The number of pyridine rings is 1. The van der Waals surface area contributed by atoms with Gasteiger partial charge >= 0.3 is 12.3 Å². The van der Waals surface area contributed by atoms with Crippen LogP contribution in [0.3, 0.4) is 0 Å². The van der Waals surface area contributed by atoms with Crippen LogP contribution in [0.15, 0.2) is 36.5 Å². The molecular formula is C21H19F4N5O2. The number of ether oxygens (including phenoxy) is 1. The van der Waals surface area contributed by atoms with Crippen LogP contribution in [0, 0.1) is 0 Å². The molecule has 2 aliphatic rings. The maximum Gasteiger partial charge on any atom is 0.430 e. The highest BCUT2D eigenvalue weighted by molar-refractivity contribution is 5.97. The van der Waals surface area contributed by atoms with Crippen LogP contribution in [-0.4, -0.2) is 46.3 Å². The molecule has 0 radical (unpaired) electrons. The van der Waals surface area contributed by atoms with E-state index in [2.05, 4.69) is 25.5 Å². The zero-order chi connectivity index (χ0) is 22.5. The predicted octanol–water partition coefficient (Wildman–Crippen LogP) is 4.53. The topological polar surface area (TPSA) is 81.1 Å². The third kappa shape index (κ3) is 3.46. The molecule has 1 amide bonds. The molecule has 168 valence electrons. The van der Waals surface area contributed by atoms with Crippen LogP contribution in [0.5, 0.6) is 0 Å². The molecule has 2 N–H and O–H groups in total. The normalized spacial score (nSPS) is 23.9. The molecular weight excluding hydrogens is 430 g/mol. The highest BCUT2D eigenvalue weighted by atomic mass is 19.4. The quantitative estimate of drug-likeness (QED) is 0.562. The van der Waals surface area contributed by atoms with Crippen molar-refractivity contribution in [1.29, 1.82) is 0 Å². The van der Waals surface area contributed by atoms with Gasteiger partial charge in [-0.25, -0.2) is 14.2 Å². The van der Waals surface area contributed by atoms with Gasteiger partial charge in [-0.1, -0.05) is 18.2 Å². The lowest BCUT2D eigenvalue weighted by Crippen LogP contribution is -2.34. The summed E-state index contributed by atoms with van der Waals surface area (Å²) in [4.78, 5) is 15.6. The summed E-state index contributed by atoms with van der Waals surface area (Å²) < 4.78 is 62.4. The number of para-hydroxylation sites is 1. The summed E-state index contributed by atoms with van der Waals surface area (Å²) >= 11 is 0. The van der Waals surface area contributed by atoms with Crippen molar-refractivity contribution >= 4 is 22.8 Å². The van der Waals surface area contributed by atoms with Crippen molar-refractivity contribution in [2.75, 3.05) is 18.4 Å². The Kier molecular flexibility index (Phi) is 5.00. The van der Waals surface area contributed by atoms with Gasteiger partial charge in [-0.15, -0.1) is 0 Å². The molecule has 0 bridgehead atoms. The van der Waals surface area contributed by atoms with Crippen molar-refractivity contribution < 1.29 is 27.1 Å².